The topological polar surface area (TPSA) is 319 Å². The second kappa shape index (κ2) is 49.0. The van der Waals surface area contributed by atoms with Gasteiger partial charge in [-0.15, -0.1) is 68.0 Å². The molecule has 2 N–H and O–H groups in total. The number of fused-ring (bicyclic) bond motifs is 4. The summed E-state index contributed by atoms with van der Waals surface area (Å²) < 4.78 is 176. The predicted molar refractivity (Wildman–Crippen MR) is 472 cm³/mol. The zero-order valence-corrected chi connectivity index (χ0v) is 80.8. The van der Waals surface area contributed by atoms with Gasteiger partial charge in [-0.3, -0.25) is 4.79 Å². The van der Waals surface area contributed by atoms with Crippen molar-refractivity contribution >= 4 is 76.9 Å². The molecule has 0 spiro atoms. The van der Waals surface area contributed by atoms with Crippen molar-refractivity contribution in [3.8, 4) is 101 Å². The minimum atomic E-state index is -4.75. The van der Waals surface area contributed by atoms with Crippen LogP contribution in [0.25, 0.3) is 101 Å². The van der Waals surface area contributed by atoms with E-state index in [9.17, 15) is 71.9 Å². The number of nitrogens with zero attached hydrogens (tertiary/aromatic N) is 16. The fourth-order valence-corrected chi connectivity index (χ4v) is 12.8. The molecule has 46 heteroatoms. The first-order valence-electron chi connectivity index (χ1n) is 38.7. The largest absolute Gasteiger partial charge is 1.00 e. The van der Waals surface area contributed by atoms with Crippen LogP contribution < -0.4 is 150 Å². The Balaban J connectivity index is 0.000000190. The van der Waals surface area contributed by atoms with Crippen molar-refractivity contribution in [1.29, 1.82) is 0 Å². The molecule has 11 heterocycles. The summed E-state index contributed by atoms with van der Waals surface area (Å²) in [5.41, 5.74) is 11.8. The van der Waals surface area contributed by atoms with Crippen molar-refractivity contribution in [3.63, 3.8) is 0 Å². The third-order valence-corrected chi connectivity index (χ3v) is 20.6. The molecule has 0 aliphatic carbocycles. The fraction of sp³-hybridized carbons (Fsp3) is 0.136. The maximum Gasteiger partial charge on any atom is 1.00 e. The van der Waals surface area contributed by atoms with Crippen LogP contribution in [0.15, 0.2) is 318 Å². The van der Waals surface area contributed by atoms with Gasteiger partial charge in [0.25, 0.3) is 6.47 Å². The van der Waals surface area contributed by atoms with E-state index in [1.54, 1.807) is 92.3 Å². The molecule has 0 atom stereocenters. The van der Waals surface area contributed by atoms with Gasteiger partial charge < -0.3 is 44.6 Å². The van der Waals surface area contributed by atoms with Gasteiger partial charge in [0.1, 0.15) is 23.0 Å². The average Bonchev–Trinajstić information content (AvgIpc) is 1.67. The maximum atomic E-state index is 12.9. The molecule has 18 rings (SSSR count). The monoisotopic (exact) mass is 2100 g/mol. The van der Waals surface area contributed by atoms with E-state index in [-0.39, 0.29) is 156 Å². The van der Waals surface area contributed by atoms with Gasteiger partial charge in [-0.05, 0) is 147 Å². The minimum Gasteiger partial charge on any atom is -1.00 e. The Kier molecular flexibility index (Phi) is 38.2. The van der Waals surface area contributed by atoms with Crippen molar-refractivity contribution in [2.75, 3.05) is 16.0 Å². The first-order valence-corrected chi connectivity index (χ1v) is 42.0. The predicted octanol–water partition coefficient (Wildman–Crippen LogP) is 11.7. The van der Waals surface area contributed by atoms with E-state index in [1.807, 2.05) is 119 Å². The number of aryl methyl sites for hydroxylation is 5. The maximum absolute atomic E-state index is 12.9. The molecular formula is C88H69Br3F12K2N18O11. The number of hydrogen-bond acceptors (Lipinski definition) is 18. The van der Waals surface area contributed by atoms with Crippen LogP contribution in [0.1, 0.15) is 1.43 Å². The number of ether oxygens (including phenoxy) is 4. The van der Waals surface area contributed by atoms with Gasteiger partial charge in [0, 0.05) is 77.4 Å². The standard InChI is InChI=1S/2C24H18F3N5O2.C15H11BrF3N3O2.C13H8F3N3O2.C9H8N2.C2H4Br2.CH2O3.2K.H/c2*25-24(26,27)34-20-9-6-17(7-10-20)19-8-11-22-29-32(23(33)31(22)14-19)13-12-30-15-21(28-16-30)18-4-2-1-3-5-18;16-7-8-22-14(23)21-9-11(3-6-13(21)20-22)10-1-4-12(5-2-10)24-15(17,18)19;14-13(15,16)21-10-4-1-8(2-5-10)9-3-6-11-17-18-12(20)19(11)7-9;1-2-4-8(5-3-1)9-6-10-7-11-9;3-1-2-4;2-1-4-3;;;/h2*1-11,14-16H,12-13H2;1-6,9H,7-8H2;1-7H,(H,18,20);1-7H,(H,10,11);1-2H2;1,3H;;;/q;;;;;;;2*+1;-1/p-1. The number of H-pyrrole nitrogens is 2. The van der Waals surface area contributed by atoms with Crippen molar-refractivity contribution in [2.45, 2.75) is 58.2 Å². The SMILES string of the molecule is BrCCBr.O=CO[O-].O=c1[nH]nc2ccc(-c3ccc(OC(F)(F)F)cc3)cn12.O=c1n(CCBr)nc2ccc(-c3ccc(OC(F)(F)F)cc3)cn12.O=c1n(CCn2cnc(-c3ccccc3)c2)nc2ccc(-c3ccc(OC(F)(F)F)cc3)cn12.O=c1n(CCn2cnc(-c3ccccc3)c2)nc2ccc(-c3ccc(OC(F)(F)F)cc3)cn12.[H-].[K+].[K+].c1ccc(-c2cnc[nH]2)cc1. The Morgan fingerprint density at radius 2 is 0.657 bits per heavy atom. The summed E-state index contributed by atoms with van der Waals surface area (Å²) >= 11 is 9.66. The number of hydrogen-bond donors (Lipinski definition) is 2. The molecule has 0 amide bonds. The summed E-state index contributed by atoms with van der Waals surface area (Å²) in [6, 6.07) is 65.2. The summed E-state index contributed by atoms with van der Waals surface area (Å²) in [7, 11) is 0. The van der Waals surface area contributed by atoms with Crippen molar-refractivity contribution in [2.24, 2.45) is 0 Å². The molecule has 7 aromatic carbocycles. The number of alkyl halides is 15. The Morgan fingerprint density at radius 1 is 0.358 bits per heavy atom. The van der Waals surface area contributed by atoms with Crippen LogP contribution in [-0.2, 0) is 42.4 Å². The Morgan fingerprint density at radius 3 is 0.948 bits per heavy atom. The molecule has 11 aromatic heterocycles. The van der Waals surface area contributed by atoms with Gasteiger partial charge >= 0.3 is 151 Å². The second-order valence-electron chi connectivity index (χ2n) is 27.2. The van der Waals surface area contributed by atoms with Gasteiger partial charge in [0.05, 0.1) is 61.9 Å². The number of halogens is 15. The molecule has 0 aliphatic rings. The summed E-state index contributed by atoms with van der Waals surface area (Å²) in [5.74, 6) is -1.21. The number of imidazole rings is 3. The molecule has 0 fully saturated rings. The van der Waals surface area contributed by atoms with Crippen LogP contribution in [0.5, 0.6) is 23.0 Å². The number of carbonyl (C=O) groups excluding carboxylic acids is 1. The van der Waals surface area contributed by atoms with E-state index in [0.29, 0.717) is 105 Å². The third-order valence-electron chi connectivity index (χ3n) is 18.4. The van der Waals surface area contributed by atoms with Gasteiger partial charge in [-0.2, -0.15) is 5.10 Å². The van der Waals surface area contributed by atoms with Crippen molar-refractivity contribution in [1.82, 2.24) is 86.2 Å². The van der Waals surface area contributed by atoms with Crippen LogP contribution in [0.3, 0.4) is 0 Å². The van der Waals surface area contributed by atoms with E-state index in [1.165, 1.54) is 134 Å². The number of carbonyl (C=O) groups is 1. The molecule has 0 aliphatic heterocycles. The average molecular weight is 2100 g/mol. The number of pyridine rings is 4. The minimum absolute atomic E-state index is 0. The second-order valence-corrected chi connectivity index (χ2v) is 29.6. The Hall–Kier alpha value is -11.6. The molecular weight excluding hydrogens is 2030 g/mol. The molecule has 29 nitrogen and oxygen atoms in total. The van der Waals surface area contributed by atoms with Crippen LogP contribution >= 0.6 is 47.8 Å². The zero-order chi connectivity index (χ0) is 94.1. The summed E-state index contributed by atoms with van der Waals surface area (Å²) in [6.45, 7) is 1.99. The number of aromatic nitrogens is 18. The molecule has 684 valence electrons. The molecule has 134 heavy (non-hydrogen) atoms. The van der Waals surface area contributed by atoms with E-state index in [4.69, 9.17) is 10.1 Å². The molecule has 0 unspecified atom stereocenters. The molecule has 0 saturated heterocycles. The third kappa shape index (κ3) is 30.4. The first kappa shape index (κ1) is 104. The van der Waals surface area contributed by atoms with Crippen LogP contribution in [-0.4, -0.2) is 134 Å². The Labute approximate surface area is 860 Å². The Bertz CT molecular complexity index is 6810. The van der Waals surface area contributed by atoms with Gasteiger partial charge in [0.2, 0.25) is 0 Å². The van der Waals surface area contributed by atoms with Crippen LogP contribution in [0.4, 0.5) is 52.7 Å². The normalized spacial score (nSPS) is 11.1. The van der Waals surface area contributed by atoms with Gasteiger partial charge in [-0.1, -0.05) is 187 Å². The number of benzene rings is 7. The number of aromatic amines is 2. The van der Waals surface area contributed by atoms with E-state index >= 15 is 0 Å². The number of nitrogens with one attached hydrogen (secondary N) is 2. The molecule has 0 saturated carbocycles. The van der Waals surface area contributed by atoms with Crippen molar-refractivity contribution < 1.29 is 191 Å². The van der Waals surface area contributed by atoms with Crippen LogP contribution in [0.2, 0.25) is 0 Å². The smallest absolute Gasteiger partial charge is 1.00 e. The van der Waals surface area contributed by atoms with Crippen LogP contribution in [0, 0.1) is 0 Å². The van der Waals surface area contributed by atoms with E-state index in [0.717, 1.165) is 38.9 Å². The van der Waals surface area contributed by atoms with Gasteiger partial charge in [-0.25, -0.2) is 70.9 Å². The van der Waals surface area contributed by atoms with Gasteiger partial charge in [0.15, 0.2) is 22.6 Å². The summed E-state index contributed by atoms with van der Waals surface area (Å²) in [6.07, 6.45) is -1.78. The fourth-order valence-electron chi connectivity index (χ4n) is 12.5. The zero-order valence-electron chi connectivity index (χ0n) is 70.8. The van der Waals surface area contributed by atoms with Crippen molar-refractivity contribution in [3.05, 3.63) is 341 Å². The molecule has 0 radical (unpaired) electrons. The first-order chi connectivity index (χ1) is 63.3. The summed E-state index contributed by atoms with van der Waals surface area (Å²) in [5, 5.41) is 30.1. The molecule has 0 bridgehead atoms. The number of rotatable bonds is 21. The van der Waals surface area contributed by atoms with E-state index < -0.39 is 25.4 Å². The quantitative estimate of drug-likeness (QED) is 0.0169. The summed E-state index contributed by atoms with van der Waals surface area (Å²) in [4.78, 5) is 76.5. The van der Waals surface area contributed by atoms with E-state index in [2.05, 4.69) is 117 Å². The molecule has 18 aromatic rings.